The third kappa shape index (κ3) is 6.39. The molecule has 1 aromatic carbocycles. The van der Waals surface area contributed by atoms with Gasteiger partial charge in [-0.3, -0.25) is 14.3 Å². The maximum absolute atomic E-state index is 14.0. The molecule has 0 saturated carbocycles. The van der Waals surface area contributed by atoms with E-state index >= 15 is 0 Å². The fourth-order valence-corrected chi connectivity index (χ4v) is 4.93. The molecule has 5 rings (SSSR count). The van der Waals surface area contributed by atoms with Gasteiger partial charge in [0.15, 0.2) is 11.3 Å². The summed E-state index contributed by atoms with van der Waals surface area (Å²) in [5.74, 6) is -0.463. The Labute approximate surface area is 255 Å². The van der Waals surface area contributed by atoms with Crippen molar-refractivity contribution in [1.29, 1.82) is 0 Å². The number of hydrogen-bond acceptors (Lipinski definition) is 8. The van der Waals surface area contributed by atoms with E-state index in [1.165, 1.54) is 22.9 Å². The van der Waals surface area contributed by atoms with Crippen LogP contribution in [0.5, 0.6) is 5.75 Å². The monoisotopic (exact) mass is 628 g/mol. The topological polar surface area (TPSA) is 136 Å². The number of amides is 3. The van der Waals surface area contributed by atoms with Crippen molar-refractivity contribution in [3.05, 3.63) is 59.7 Å². The van der Waals surface area contributed by atoms with Crippen LogP contribution in [0, 0.1) is 6.92 Å². The van der Waals surface area contributed by atoms with Gasteiger partial charge in [-0.25, -0.2) is 14.3 Å². The van der Waals surface area contributed by atoms with Gasteiger partial charge in [0.25, 0.3) is 5.91 Å². The molecule has 3 amide bonds. The quantitative estimate of drug-likeness (QED) is 0.324. The largest absolute Gasteiger partial charge is 0.497 e. The van der Waals surface area contributed by atoms with E-state index in [1.807, 2.05) is 0 Å². The number of carbonyl (C=O) groups is 3. The Morgan fingerprint density at radius 3 is 2.36 bits per heavy atom. The van der Waals surface area contributed by atoms with Crippen LogP contribution < -0.4 is 10.1 Å². The zero-order valence-corrected chi connectivity index (χ0v) is 25.0. The number of aryl methyl sites for hydroxylation is 1. The first-order chi connectivity index (χ1) is 21.4. The lowest BCUT2D eigenvalue weighted by molar-refractivity contribution is -0.142. The Morgan fingerprint density at radius 2 is 1.73 bits per heavy atom. The van der Waals surface area contributed by atoms with Crippen molar-refractivity contribution in [2.75, 3.05) is 45.2 Å². The van der Waals surface area contributed by atoms with Crippen LogP contribution in [0.4, 0.5) is 23.7 Å². The third-order valence-corrected chi connectivity index (χ3v) is 7.43. The van der Waals surface area contributed by atoms with Gasteiger partial charge in [0.05, 0.1) is 37.0 Å². The van der Waals surface area contributed by atoms with E-state index in [0.29, 0.717) is 47.7 Å². The lowest BCUT2D eigenvalue weighted by Crippen LogP contribution is -2.52. The molecule has 1 fully saturated rings. The van der Waals surface area contributed by atoms with Crippen molar-refractivity contribution in [2.24, 2.45) is 0 Å². The van der Waals surface area contributed by atoms with E-state index in [-0.39, 0.29) is 35.1 Å². The number of hydrogen-bond donors (Lipinski definition) is 1. The van der Waals surface area contributed by atoms with Crippen LogP contribution in [0.2, 0.25) is 0 Å². The van der Waals surface area contributed by atoms with Crippen LogP contribution in [-0.2, 0) is 15.7 Å². The summed E-state index contributed by atoms with van der Waals surface area (Å²) in [6, 6.07) is 6.45. The molecule has 45 heavy (non-hydrogen) atoms. The summed E-state index contributed by atoms with van der Waals surface area (Å²) in [5, 5.41) is 10.9. The van der Waals surface area contributed by atoms with Crippen LogP contribution in [-0.4, -0.2) is 92.0 Å². The Hall–Kier alpha value is -5.15. The predicted octanol–water partition coefficient (Wildman–Crippen LogP) is 4.04. The molecule has 1 atom stereocenters. The summed E-state index contributed by atoms with van der Waals surface area (Å²) in [6.45, 7) is 6.59. The molecule has 16 heteroatoms. The molecule has 3 aromatic heterocycles. The molecule has 1 N–H and O–H groups in total. The molecule has 0 bridgehead atoms. The molecular weight excluding hydrogens is 597 g/mol. The van der Waals surface area contributed by atoms with Crippen molar-refractivity contribution in [3.63, 3.8) is 0 Å². The van der Waals surface area contributed by atoms with Crippen LogP contribution in [0.1, 0.15) is 41.6 Å². The Kier molecular flexibility index (Phi) is 8.66. The molecule has 0 spiro atoms. The molecule has 0 radical (unpaired) electrons. The van der Waals surface area contributed by atoms with E-state index < -0.39 is 29.9 Å². The number of methoxy groups -OCH3 is 1. The van der Waals surface area contributed by atoms with Crippen LogP contribution >= 0.6 is 0 Å². The number of alkyl halides is 3. The highest BCUT2D eigenvalue weighted by Gasteiger charge is 2.36. The Morgan fingerprint density at radius 1 is 1.07 bits per heavy atom. The number of benzene rings is 1. The summed E-state index contributed by atoms with van der Waals surface area (Å²) < 4.78 is 54.2. The van der Waals surface area contributed by atoms with Crippen LogP contribution in [0.15, 0.2) is 42.7 Å². The molecule has 1 unspecified atom stereocenters. The van der Waals surface area contributed by atoms with E-state index in [4.69, 9.17) is 9.47 Å². The van der Waals surface area contributed by atoms with E-state index in [1.54, 1.807) is 49.9 Å². The molecular formula is C29H31F3N8O5. The molecule has 4 heterocycles. The van der Waals surface area contributed by atoms with Gasteiger partial charge in [0, 0.05) is 37.9 Å². The summed E-state index contributed by atoms with van der Waals surface area (Å²) in [6.07, 6.45) is -2.71. The second-order valence-electron chi connectivity index (χ2n) is 10.3. The van der Waals surface area contributed by atoms with Gasteiger partial charge in [-0.2, -0.15) is 23.4 Å². The number of aromatic nitrogens is 5. The zero-order valence-electron chi connectivity index (χ0n) is 25.0. The first-order valence-electron chi connectivity index (χ1n) is 14.1. The minimum Gasteiger partial charge on any atom is -0.497 e. The van der Waals surface area contributed by atoms with Crippen molar-refractivity contribution in [1.82, 2.24) is 34.2 Å². The predicted molar refractivity (Wildman–Crippen MR) is 155 cm³/mol. The van der Waals surface area contributed by atoms with Crippen LogP contribution in [0.3, 0.4) is 0 Å². The van der Waals surface area contributed by atoms with Crippen molar-refractivity contribution in [2.45, 2.75) is 33.0 Å². The first-order valence-corrected chi connectivity index (χ1v) is 14.1. The average molecular weight is 629 g/mol. The van der Waals surface area contributed by atoms with Crippen molar-refractivity contribution >= 4 is 29.2 Å². The highest BCUT2D eigenvalue weighted by molar-refractivity contribution is 6.08. The maximum atomic E-state index is 14.0. The number of nitrogens with one attached hydrogen (secondary N) is 1. The van der Waals surface area contributed by atoms with Crippen molar-refractivity contribution in [3.8, 4) is 17.0 Å². The summed E-state index contributed by atoms with van der Waals surface area (Å²) in [7, 11) is 1.47. The molecule has 1 saturated heterocycles. The lowest BCUT2D eigenvalue weighted by atomic mass is 10.1. The molecule has 1 aliphatic rings. The number of fused-ring (bicyclic) bond motifs is 1. The minimum absolute atomic E-state index is 0.00791. The second-order valence-corrected chi connectivity index (χ2v) is 10.3. The molecule has 0 aliphatic carbocycles. The number of ether oxygens (including phenoxy) is 2. The van der Waals surface area contributed by atoms with Gasteiger partial charge in [0.1, 0.15) is 17.4 Å². The number of piperazine rings is 1. The van der Waals surface area contributed by atoms with Crippen molar-refractivity contribution < 1.29 is 37.0 Å². The Balaban J connectivity index is 1.36. The smallest absolute Gasteiger partial charge is 0.433 e. The standard InChI is InChI=1S/C29H31F3N8O5/c1-5-45-28(43)38-12-10-37(11-13-38)27(42)18(3)39-16-23(17(2)36-39)35-26(41)21-15-33-40-24(29(30,31)32)14-22(34-25(21)40)19-6-8-20(44-4)9-7-19/h6-9,14-16,18H,5,10-13H2,1-4H3,(H,35,41). The number of nitrogens with zero attached hydrogens (tertiary/aromatic N) is 7. The normalized spacial score (nSPS) is 14.4. The summed E-state index contributed by atoms with van der Waals surface area (Å²) >= 11 is 0. The van der Waals surface area contributed by atoms with Gasteiger partial charge in [-0.05, 0) is 51.1 Å². The van der Waals surface area contributed by atoms with E-state index in [0.717, 1.165) is 12.3 Å². The lowest BCUT2D eigenvalue weighted by Gasteiger charge is -2.35. The minimum atomic E-state index is -4.78. The fourth-order valence-electron chi connectivity index (χ4n) is 4.93. The third-order valence-electron chi connectivity index (χ3n) is 7.43. The number of carbonyl (C=O) groups excluding carboxylic acids is 3. The average Bonchev–Trinajstić information content (AvgIpc) is 3.62. The highest BCUT2D eigenvalue weighted by Crippen LogP contribution is 2.33. The second kappa shape index (κ2) is 12.5. The number of halogens is 3. The van der Waals surface area contributed by atoms with Gasteiger partial charge < -0.3 is 24.6 Å². The van der Waals surface area contributed by atoms with E-state index in [2.05, 4.69) is 20.5 Å². The molecule has 1 aliphatic heterocycles. The summed E-state index contributed by atoms with van der Waals surface area (Å²) in [4.78, 5) is 46.0. The molecule has 13 nitrogen and oxygen atoms in total. The van der Waals surface area contributed by atoms with Gasteiger partial charge in [0.2, 0.25) is 5.91 Å². The van der Waals surface area contributed by atoms with Gasteiger partial charge >= 0.3 is 12.3 Å². The van der Waals surface area contributed by atoms with E-state index in [9.17, 15) is 27.6 Å². The molecule has 4 aromatic rings. The fraction of sp³-hybridized carbons (Fsp3) is 0.379. The van der Waals surface area contributed by atoms with Gasteiger partial charge in [-0.15, -0.1) is 0 Å². The SMILES string of the molecule is CCOC(=O)N1CCN(C(=O)C(C)n2cc(NC(=O)c3cnn4c(C(F)(F)F)cc(-c5ccc(OC)cc5)nc34)c(C)n2)CC1. The van der Waals surface area contributed by atoms with Gasteiger partial charge in [-0.1, -0.05) is 0 Å². The highest BCUT2D eigenvalue weighted by atomic mass is 19.4. The van der Waals surface area contributed by atoms with Crippen LogP contribution in [0.25, 0.3) is 16.9 Å². The summed E-state index contributed by atoms with van der Waals surface area (Å²) in [5.41, 5.74) is -0.559. The number of rotatable bonds is 7. The zero-order chi connectivity index (χ0) is 32.5. The Bertz CT molecular complexity index is 1730. The number of anilines is 1. The molecule has 238 valence electrons. The maximum Gasteiger partial charge on any atom is 0.433 e. The first kappa shape index (κ1) is 31.3.